The first-order chi connectivity index (χ1) is 4.84. The second-order valence-corrected chi connectivity index (χ2v) is 2.47. The van der Waals surface area contributed by atoms with Gasteiger partial charge < -0.3 is 0 Å². The van der Waals surface area contributed by atoms with Gasteiger partial charge in [-0.25, -0.2) is 0 Å². The molecule has 0 amide bonds. The molecule has 0 aliphatic heterocycles. The fourth-order valence-electron chi connectivity index (χ4n) is 0.374. The van der Waals surface area contributed by atoms with Crippen molar-refractivity contribution in [3.63, 3.8) is 0 Å². The average Bonchev–Trinajstić information content (AvgIpc) is 1.80. The van der Waals surface area contributed by atoms with Crippen LogP contribution in [0.15, 0.2) is 12.2 Å². The third-order valence-electron chi connectivity index (χ3n) is 0.912. The van der Waals surface area contributed by atoms with E-state index in [0.717, 1.165) is 0 Å². The van der Waals surface area contributed by atoms with Crippen LogP contribution in [-0.2, 0) is 4.79 Å². The molecule has 0 unspecified atom stereocenters. The highest BCUT2D eigenvalue weighted by atomic mass is 19.4. The van der Waals surface area contributed by atoms with Gasteiger partial charge in [-0.3, -0.25) is 4.79 Å². The molecule has 0 rings (SSSR count). The van der Waals surface area contributed by atoms with E-state index in [1.54, 1.807) is 13.8 Å². The molecule has 0 spiro atoms. The molecule has 4 heteroatoms. The lowest BCUT2D eigenvalue weighted by atomic mass is 10.2. The maximum absolute atomic E-state index is 11.5. The van der Waals surface area contributed by atoms with Crippen molar-refractivity contribution >= 4 is 5.78 Å². The first-order valence-electron chi connectivity index (χ1n) is 3.13. The number of allylic oxidation sites excluding steroid dienone is 2. The van der Waals surface area contributed by atoms with Crippen LogP contribution in [0.5, 0.6) is 0 Å². The van der Waals surface area contributed by atoms with Crippen molar-refractivity contribution in [3.05, 3.63) is 12.2 Å². The predicted octanol–water partition coefficient (Wildman–Crippen LogP) is 2.33. The number of rotatable bonds is 2. The summed E-state index contributed by atoms with van der Waals surface area (Å²) in [7, 11) is 0. The number of hydrogen-bond acceptors (Lipinski definition) is 1. The normalized spacial score (nSPS) is 12.9. The van der Waals surface area contributed by atoms with Crippen LogP contribution in [0.3, 0.4) is 0 Å². The number of halogens is 3. The van der Waals surface area contributed by atoms with Crippen LogP contribution in [0.4, 0.5) is 13.2 Å². The Morgan fingerprint density at radius 2 is 1.82 bits per heavy atom. The molecule has 0 saturated heterocycles. The van der Waals surface area contributed by atoms with Crippen LogP contribution >= 0.6 is 0 Å². The second kappa shape index (κ2) is 3.55. The van der Waals surface area contributed by atoms with Crippen LogP contribution in [-0.4, -0.2) is 12.0 Å². The van der Waals surface area contributed by atoms with Crippen LogP contribution in [0, 0.1) is 5.92 Å². The number of carbonyl (C=O) groups is 1. The summed E-state index contributed by atoms with van der Waals surface area (Å²) in [5, 5.41) is 0. The Morgan fingerprint density at radius 3 is 2.09 bits per heavy atom. The zero-order valence-corrected chi connectivity index (χ0v) is 6.27. The molecule has 0 bridgehead atoms. The summed E-state index contributed by atoms with van der Waals surface area (Å²) >= 11 is 0. The summed E-state index contributed by atoms with van der Waals surface area (Å²) in [5.41, 5.74) is 0. The largest absolute Gasteiger partial charge is 0.454 e. The molecule has 0 fully saturated rings. The van der Waals surface area contributed by atoms with E-state index in [1.165, 1.54) is 6.08 Å². The van der Waals surface area contributed by atoms with E-state index < -0.39 is 12.0 Å². The van der Waals surface area contributed by atoms with E-state index in [9.17, 15) is 18.0 Å². The zero-order chi connectivity index (χ0) is 9.07. The van der Waals surface area contributed by atoms with Crippen LogP contribution in [0.25, 0.3) is 0 Å². The van der Waals surface area contributed by atoms with E-state index in [4.69, 9.17) is 0 Å². The van der Waals surface area contributed by atoms with Gasteiger partial charge in [0.25, 0.3) is 5.78 Å². The Bertz CT molecular complexity index is 167. The summed E-state index contributed by atoms with van der Waals surface area (Å²) in [6.45, 7) is 3.39. The standard InChI is InChI=1S/C7H9F3O/c1-5(2)3-4-6(11)7(8,9)10/h3-5H,1-2H3/b4-3+. The van der Waals surface area contributed by atoms with Gasteiger partial charge in [0.15, 0.2) is 0 Å². The first-order valence-corrected chi connectivity index (χ1v) is 3.13. The van der Waals surface area contributed by atoms with Gasteiger partial charge in [-0.15, -0.1) is 0 Å². The maximum atomic E-state index is 11.5. The van der Waals surface area contributed by atoms with Gasteiger partial charge in [0.2, 0.25) is 0 Å². The molecule has 0 aromatic carbocycles. The van der Waals surface area contributed by atoms with Crippen molar-refractivity contribution in [1.82, 2.24) is 0 Å². The molecule has 0 aliphatic rings. The van der Waals surface area contributed by atoms with E-state index in [0.29, 0.717) is 6.08 Å². The van der Waals surface area contributed by atoms with Crippen molar-refractivity contribution in [1.29, 1.82) is 0 Å². The Morgan fingerprint density at radius 1 is 1.36 bits per heavy atom. The monoisotopic (exact) mass is 166 g/mol. The van der Waals surface area contributed by atoms with Gasteiger partial charge in [0.1, 0.15) is 0 Å². The lowest BCUT2D eigenvalue weighted by molar-refractivity contribution is -0.165. The number of alkyl halides is 3. The molecular weight excluding hydrogens is 157 g/mol. The zero-order valence-electron chi connectivity index (χ0n) is 6.27. The van der Waals surface area contributed by atoms with E-state index >= 15 is 0 Å². The predicted molar refractivity (Wildman–Crippen MR) is 35.0 cm³/mol. The minimum atomic E-state index is -4.73. The van der Waals surface area contributed by atoms with Crippen LogP contribution in [0.2, 0.25) is 0 Å². The van der Waals surface area contributed by atoms with Gasteiger partial charge in [-0.05, 0) is 12.0 Å². The molecule has 0 N–H and O–H groups in total. The van der Waals surface area contributed by atoms with Gasteiger partial charge in [0, 0.05) is 0 Å². The first kappa shape index (κ1) is 10.2. The average molecular weight is 166 g/mol. The molecule has 1 nitrogen and oxygen atoms in total. The Kier molecular flexibility index (Phi) is 3.29. The highest BCUT2D eigenvalue weighted by Gasteiger charge is 2.35. The topological polar surface area (TPSA) is 17.1 Å². The third-order valence-corrected chi connectivity index (χ3v) is 0.912. The Balaban J connectivity index is 4.09. The van der Waals surface area contributed by atoms with Crippen molar-refractivity contribution in [2.75, 3.05) is 0 Å². The summed E-state index contributed by atoms with van der Waals surface area (Å²) in [6.07, 6.45) is -2.95. The van der Waals surface area contributed by atoms with Crippen molar-refractivity contribution in [3.8, 4) is 0 Å². The Labute approximate surface area is 62.9 Å². The number of ketones is 1. The van der Waals surface area contributed by atoms with Crippen LogP contribution in [0.1, 0.15) is 13.8 Å². The molecule has 0 atom stereocenters. The quantitative estimate of drug-likeness (QED) is 0.575. The lowest BCUT2D eigenvalue weighted by Crippen LogP contribution is -2.20. The van der Waals surface area contributed by atoms with Gasteiger partial charge in [-0.1, -0.05) is 19.9 Å². The van der Waals surface area contributed by atoms with E-state index in [1.807, 2.05) is 0 Å². The summed E-state index contributed by atoms with van der Waals surface area (Å²) in [5.74, 6) is -1.84. The number of carbonyl (C=O) groups excluding carboxylic acids is 1. The van der Waals surface area contributed by atoms with Crippen molar-refractivity contribution in [2.45, 2.75) is 20.0 Å². The minimum Gasteiger partial charge on any atom is -0.285 e. The molecule has 0 aromatic heterocycles. The fraction of sp³-hybridized carbons (Fsp3) is 0.571. The number of hydrogen-bond donors (Lipinski definition) is 0. The maximum Gasteiger partial charge on any atom is 0.454 e. The van der Waals surface area contributed by atoms with Crippen LogP contribution < -0.4 is 0 Å². The second-order valence-electron chi connectivity index (χ2n) is 2.47. The highest BCUT2D eigenvalue weighted by molar-refractivity contribution is 5.94. The Hall–Kier alpha value is -0.800. The molecule has 0 heterocycles. The SMILES string of the molecule is CC(C)/C=C/C(=O)C(F)(F)F. The molecule has 0 radical (unpaired) electrons. The van der Waals surface area contributed by atoms with E-state index in [-0.39, 0.29) is 5.92 Å². The highest BCUT2D eigenvalue weighted by Crippen LogP contribution is 2.16. The smallest absolute Gasteiger partial charge is 0.285 e. The van der Waals surface area contributed by atoms with Gasteiger partial charge in [0.05, 0.1) is 0 Å². The minimum absolute atomic E-state index is 0.0405. The van der Waals surface area contributed by atoms with E-state index in [2.05, 4.69) is 0 Å². The summed E-state index contributed by atoms with van der Waals surface area (Å²) in [6, 6.07) is 0. The summed E-state index contributed by atoms with van der Waals surface area (Å²) in [4.78, 5) is 10.2. The lowest BCUT2D eigenvalue weighted by Gasteiger charge is -1.99. The third kappa shape index (κ3) is 4.58. The van der Waals surface area contributed by atoms with Crippen molar-refractivity contribution < 1.29 is 18.0 Å². The molecular formula is C7H9F3O. The van der Waals surface area contributed by atoms with Crippen molar-refractivity contribution in [2.24, 2.45) is 5.92 Å². The molecule has 64 valence electrons. The molecule has 0 aliphatic carbocycles. The summed E-state index contributed by atoms with van der Waals surface area (Å²) < 4.78 is 34.5. The van der Waals surface area contributed by atoms with Gasteiger partial charge in [-0.2, -0.15) is 13.2 Å². The fourth-order valence-corrected chi connectivity index (χ4v) is 0.374. The molecule has 0 saturated carbocycles. The molecule has 11 heavy (non-hydrogen) atoms. The van der Waals surface area contributed by atoms with Gasteiger partial charge >= 0.3 is 6.18 Å². The molecule has 0 aromatic rings.